The number of hydrogen-bond acceptors (Lipinski definition) is 1. The van der Waals surface area contributed by atoms with E-state index in [1.807, 2.05) is 31.2 Å². The molecule has 1 aromatic rings. The molecular weight excluding hydrogens is 202 g/mol. The maximum atomic E-state index is 11.1. The van der Waals surface area contributed by atoms with E-state index in [4.69, 9.17) is 5.11 Å². The summed E-state index contributed by atoms with van der Waals surface area (Å²) in [5, 5.41) is 9.13. The maximum absolute atomic E-state index is 11.1. The van der Waals surface area contributed by atoms with E-state index in [-0.39, 0.29) is 0 Å². The van der Waals surface area contributed by atoms with Crippen LogP contribution in [0.1, 0.15) is 38.7 Å². The van der Waals surface area contributed by atoms with Crippen molar-refractivity contribution in [1.29, 1.82) is 0 Å². The first-order chi connectivity index (χ1) is 7.61. The van der Waals surface area contributed by atoms with E-state index in [1.54, 1.807) is 0 Å². The van der Waals surface area contributed by atoms with Crippen LogP contribution in [0.25, 0.3) is 0 Å². The number of amides is 1. The molecule has 0 aromatic heterocycles. The lowest BCUT2D eigenvalue weighted by molar-refractivity contribution is 0.202. The third kappa shape index (κ3) is 2.54. The molecule has 0 radical (unpaired) electrons. The van der Waals surface area contributed by atoms with Gasteiger partial charge in [0.25, 0.3) is 0 Å². The summed E-state index contributed by atoms with van der Waals surface area (Å²) in [6, 6.07) is 7.72. The molecule has 1 amide bonds. The fourth-order valence-corrected chi connectivity index (χ4v) is 1.78. The second-order valence-electron chi connectivity index (χ2n) is 3.89. The molecule has 0 aliphatic carbocycles. The molecular formula is C13H19NO2. The molecule has 1 N–H and O–H groups in total. The summed E-state index contributed by atoms with van der Waals surface area (Å²) < 4.78 is 0. The minimum atomic E-state index is -0.891. The highest BCUT2D eigenvalue weighted by molar-refractivity contribution is 5.87. The normalized spacial score (nSPS) is 12.2. The minimum absolute atomic E-state index is 0.379. The number of benzene rings is 1. The van der Waals surface area contributed by atoms with Crippen LogP contribution in [-0.4, -0.2) is 17.7 Å². The van der Waals surface area contributed by atoms with Gasteiger partial charge in [-0.1, -0.05) is 32.0 Å². The number of nitrogens with zero attached hydrogens (tertiary/aromatic N) is 1. The molecule has 1 rings (SSSR count). The summed E-state index contributed by atoms with van der Waals surface area (Å²) in [5.41, 5.74) is 1.92. The van der Waals surface area contributed by atoms with Gasteiger partial charge in [0.1, 0.15) is 0 Å². The molecule has 0 saturated carbocycles. The van der Waals surface area contributed by atoms with E-state index in [2.05, 4.69) is 13.8 Å². The smallest absolute Gasteiger partial charge is 0.411 e. The van der Waals surface area contributed by atoms with Crippen molar-refractivity contribution in [2.75, 3.05) is 11.4 Å². The highest BCUT2D eigenvalue weighted by Crippen LogP contribution is 2.29. The monoisotopic (exact) mass is 221 g/mol. The van der Waals surface area contributed by atoms with Gasteiger partial charge in [-0.25, -0.2) is 4.79 Å². The fourth-order valence-electron chi connectivity index (χ4n) is 1.78. The Hall–Kier alpha value is -1.51. The summed E-state index contributed by atoms with van der Waals surface area (Å²) in [7, 11) is 0. The average molecular weight is 221 g/mol. The predicted octanol–water partition coefficient (Wildman–Crippen LogP) is 3.70. The van der Waals surface area contributed by atoms with Gasteiger partial charge < -0.3 is 5.11 Å². The third-order valence-electron chi connectivity index (χ3n) is 2.92. The van der Waals surface area contributed by atoms with Crippen molar-refractivity contribution >= 4 is 11.8 Å². The van der Waals surface area contributed by atoms with E-state index >= 15 is 0 Å². The van der Waals surface area contributed by atoms with Crippen LogP contribution in [0.5, 0.6) is 0 Å². The second-order valence-corrected chi connectivity index (χ2v) is 3.89. The van der Waals surface area contributed by atoms with Crippen LogP contribution in [0.2, 0.25) is 0 Å². The number of carbonyl (C=O) groups is 1. The van der Waals surface area contributed by atoms with Crippen molar-refractivity contribution < 1.29 is 9.90 Å². The molecule has 1 atom stereocenters. The van der Waals surface area contributed by atoms with Gasteiger partial charge in [-0.2, -0.15) is 0 Å². The van der Waals surface area contributed by atoms with Gasteiger partial charge in [0.15, 0.2) is 0 Å². The Labute approximate surface area is 96.7 Å². The Bertz CT molecular complexity index is 363. The Balaban J connectivity index is 3.16. The van der Waals surface area contributed by atoms with E-state index in [1.165, 1.54) is 4.90 Å². The van der Waals surface area contributed by atoms with Crippen LogP contribution in [-0.2, 0) is 0 Å². The van der Waals surface area contributed by atoms with Crippen molar-refractivity contribution in [1.82, 2.24) is 0 Å². The quantitative estimate of drug-likeness (QED) is 0.842. The highest BCUT2D eigenvalue weighted by Gasteiger charge is 2.17. The zero-order valence-electron chi connectivity index (χ0n) is 10.1. The lowest BCUT2D eigenvalue weighted by atomic mass is 9.96. The zero-order valence-corrected chi connectivity index (χ0v) is 10.1. The summed E-state index contributed by atoms with van der Waals surface area (Å²) in [4.78, 5) is 12.5. The topological polar surface area (TPSA) is 40.5 Å². The van der Waals surface area contributed by atoms with Gasteiger partial charge in [-0.05, 0) is 30.9 Å². The van der Waals surface area contributed by atoms with Crippen molar-refractivity contribution in [3.05, 3.63) is 29.8 Å². The Kier molecular flexibility index (Phi) is 4.35. The molecule has 3 nitrogen and oxygen atoms in total. The Morgan fingerprint density at radius 3 is 2.50 bits per heavy atom. The van der Waals surface area contributed by atoms with Crippen molar-refractivity contribution in [2.24, 2.45) is 0 Å². The molecule has 0 bridgehead atoms. The van der Waals surface area contributed by atoms with Crippen molar-refractivity contribution in [3.8, 4) is 0 Å². The lowest BCUT2D eigenvalue weighted by Gasteiger charge is -2.23. The van der Waals surface area contributed by atoms with Gasteiger partial charge in [-0.3, -0.25) is 4.90 Å². The number of rotatable bonds is 4. The van der Waals surface area contributed by atoms with Crippen LogP contribution >= 0.6 is 0 Å². The molecule has 0 spiro atoms. The molecule has 0 heterocycles. The van der Waals surface area contributed by atoms with E-state index in [0.717, 1.165) is 17.7 Å². The molecule has 0 aliphatic heterocycles. The average Bonchev–Trinajstić information content (AvgIpc) is 2.29. The summed E-state index contributed by atoms with van der Waals surface area (Å²) in [6.07, 6.45) is 0.118. The van der Waals surface area contributed by atoms with Crippen LogP contribution in [0.3, 0.4) is 0 Å². The molecule has 1 unspecified atom stereocenters. The van der Waals surface area contributed by atoms with Crippen LogP contribution in [0.15, 0.2) is 24.3 Å². The maximum Gasteiger partial charge on any atom is 0.411 e. The third-order valence-corrected chi connectivity index (χ3v) is 2.92. The first-order valence-corrected chi connectivity index (χ1v) is 5.71. The second kappa shape index (κ2) is 5.54. The van der Waals surface area contributed by atoms with Gasteiger partial charge in [-0.15, -0.1) is 0 Å². The van der Waals surface area contributed by atoms with Gasteiger partial charge in [0, 0.05) is 6.54 Å². The van der Waals surface area contributed by atoms with Gasteiger partial charge >= 0.3 is 6.09 Å². The SMILES string of the molecule is CCC(C)c1ccccc1N(CC)C(=O)O. The number of hydrogen-bond donors (Lipinski definition) is 1. The summed E-state index contributed by atoms with van der Waals surface area (Å²) in [5.74, 6) is 0.379. The zero-order chi connectivity index (χ0) is 12.1. The van der Waals surface area contributed by atoms with Crippen LogP contribution in [0, 0.1) is 0 Å². The van der Waals surface area contributed by atoms with E-state index in [9.17, 15) is 4.79 Å². The largest absolute Gasteiger partial charge is 0.465 e. The fraction of sp³-hybridized carbons (Fsp3) is 0.462. The van der Waals surface area contributed by atoms with Gasteiger partial charge in [0.05, 0.1) is 5.69 Å². The molecule has 0 saturated heterocycles. The number of anilines is 1. The van der Waals surface area contributed by atoms with Gasteiger partial charge in [0.2, 0.25) is 0 Å². The number of para-hydroxylation sites is 1. The molecule has 16 heavy (non-hydrogen) atoms. The first-order valence-electron chi connectivity index (χ1n) is 5.71. The van der Waals surface area contributed by atoms with E-state index < -0.39 is 6.09 Å². The molecule has 0 fully saturated rings. The molecule has 1 aromatic carbocycles. The lowest BCUT2D eigenvalue weighted by Crippen LogP contribution is -2.29. The molecule has 88 valence electrons. The minimum Gasteiger partial charge on any atom is -0.465 e. The Morgan fingerprint density at radius 2 is 2.00 bits per heavy atom. The predicted molar refractivity (Wildman–Crippen MR) is 66.2 cm³/mol. The van der Waals surface area contributed by atoms with E-state index in [0.29, 0.717) is 12.5 Å². The Morgan fingerprint density at radius 1 is 1.38 bits per heavy atom. The standard InChI is InChI=1S/C13H19NO2/c1-4-10(3)11-8-6-7-9-12(11)14(5-2)13(15)16/h6-10H,4-5H2,1-3H3,(H,15,16). The summed E-state index contributed by atoms with van der Waals surface area (Å²) >= 11 is 0. The van der Waals surface area contributed by atoms with Crippen LogP contribution in [0.4, 0.5) is 10.5 Å². The highest BCUT2D eigenvalue weighted by atomic mass is 16.4. The summed E-state index contributed by atoms with van der Waals surface area (Å²) in [6.45, 7) is 6.55. The van der Waals surface area contributed by atoms with Crippen LogP contribution < -0.4 is 4.90 Å². The van der Waals surface area contributed by atoms with Crippen molar-refractivity contribution in [3.63, 3.8) is 0 Å². The number of carboxylic acid groups (broad SMARTS) is 1. The molecule has 0 aliphatic rings. The first kappa shape index (κ1) is 12.6. The van der Waals surface area contributed by atoms with Crippen molar-refractivity contribution in [2.45, 2.75) is 33.1 Å². The molecule has 3 heteroatoms.